The van der Waals surface area contributed by atoms with Crippen molar-refractivity contribution in [3.8, 4) is 0 Å². The molecule has 0 aliphatic carbocycles. The number of nitrogens with zero attached hydrogens (tertiary/aromatic N) is 1. The van der Waals surface area contributed by atoms with Crippen molar-refractivity contribution in [2.45, 2.75) is 38.0 Å². The van der Waals surface area contributed by atoms with E-state index in [0.29, 0.717) is 6.42 Å². The summed E-state index contributed by atoms with van der Waals surface area (Å²) in [5.41, 5.74) is 0.975. The van der Waals surface area contributed by atoms with Crippen molar-refractivity contribution in [3.63, 3.8) is 0 Å². The lowest BCUT2D eigenvalue weighted by Gasteiger charge is -2.26. The van der Waals surface area contributed by atoms with Crippen molar-refractivity contribution in [2.75, 3.05) is 13.2 Å². The SMILES string of the molecule is C[C@@H](C(=O)N1C(=O)OC[C@H]1Cc1ccccc1)[C@@H](O)C[C@H](O)CO. The first-order valence-electron chi connectivity index (χ1n) is 7.94. The number of ether oxygens (including phenoxy) is 1. The van der Waals surface area contributed by atoms with Gasteiger partial charge in [0, 0.05) is 6.42 Å². The molecule has 7 heteroatoms. The summed E-state index contributed by atoms with van der Waals surface area (Å²) in [6.07, 6.45) is -2.66. The third-order valence-corrected chi connectivity index (χ3v) is 4.20. The lowest BCUT2D eigenvalue weighted by molar-refractivity contribution is -0.137. The number of hydrogen-bond acceptors (Lipinski definition) is 6. The van der Waals surface area contributed by atoms with Crippen LogP contribution >= 0.6 is 0 Å². The molecule has 1 aromatic carbocycles. The van der Waals surface area contributed by atoms with E-state index in [0.717, 1.165) is 10.5 Å². The van der Waals surface area contributed by atoms with Gasteiger partial charge in [-0.2, -0.15) is 0 Å². The van der Waals surface area contributed by atoms with Gasteiger partial charge >= 0.3 is 6.09 Å². The Morgan fingerprint density at radius 2 is 2.00 bits per heavy atom. The second-order valence-corrected chi connectivity index (χ2v) is 6.06. The van der Waals surface area contributed by atoms with Crippen LogP contribution in [0.3, 0.4) is 0 Å². The van der Waals surface area contributed by atoms with Crippen LogP contribution in [-0.4, -0.2) is 63.7 Å². The monoisotopic (exact) mass is 337 g/mol. The van der Waals surface area contributed by atoms with E-state index in [-0.39, 0.29) is 13.0 Å². The van der Waals surface area contributed by atoms with E-state index in [4.69, 9.17) is 9.84 Å². The maximum Gasteiger partial charge on any atom is 0.416 e. The summed E-state index contributed by atoms with van der Waals surface area (Å²) < 4.78 is 5.00. The molecule has 1 heterocycles. The Kier molecular flexibility index (Phi) is 6.30. The molecule has 0 spiro atoms. The fraction of sp³-hybridized carbons (Fsp3) is 0.529. The van der Waals surface area contributed by atoms with E-state index in [1.54, 1.807) is 0 Å². The molecule has 1 saturated heterocycles. The maximum absolute atomic E-state index is 12.6. The molecule has 0 saturated carbocycles. The molecule has 0 aromatic heterocycles. The maximum atomic E-state index is 12.6. The summed E-state index contributed by atoms with van der Waals surface area (Å²) in [6, 6.07) is 9.02. The highest BCUT2D eigenvalue weighted by molar-refractivity contribution is 5.94. The fourth-order valence-corrected chi connectivity index (χ4v) is 2.71. The molecule has 1 aliphatic rings. The van der Waals surface area contributed by atoms with Crippen molar-refractivity contribution in [1.82, 2.24) is 4.90 Å². The van der Waals surface area contributed by atoms with Gasteiger partial charge < -0.3 is 20.1 Å². The third kappa shape index (κ3) is 4.31. The van der Waals surface area contributed by atoms with Crippen molar-refractivity contribution >= 4 is 12.0 Å². The first-order chi connectivity index (χ1) is 11.4. The zero-order valence-electron chi connectivity index (χ0n) is 13.5. The lowest BCUT2D eigenvalue weighted by Crippen LogP contribution is -2.46. The predicted molar refractivity (Wildman–Crippen MR) is 85.0 cm³/mol. The van der Waals surface area contributed by atoms with Crippen molar-refractivity contribution in [3.05, 3.63) is 35.9 Å². The van der Waals surface area contributed by atoms with Gasteiger partial charge in [0.2, 0.25) is 5.91 Å². The zero-order chi connectivity index (χ0) is 17.7. The number of imide groups is 1. The Morgan fingerprint density at radius 1 is 1.33 bits per heavy atom. The van der Waals surface area contributed by atoms with Crippen LogP contribution in [-0.2, 0) is 16.0 Å². The van der Waals surface area contributed by atoms with Crippen LogP contribution in [0, 0.1) is 5.92 Å². The summed E-state index contributed by atoms with van der Waals surface area (Å²) in [5, 5.41) is 28.3. The normalized spacial score (nSPS) is 21.2. The minimum Gasteiger partial charge on any atom is -0.447 e. The highest BCUT2D eigenvalue weighted by Crippen LogP contribution is 2.22. The van der Waals surface area contributed by atoms with Gasteiger partial charge in [0.15, 0.2) is 0 Å². The number of cyclic esters (lactones) is 1. The quantitative estimate of drug-likeness (QED) is 0.661. The average Bonchev–Trinajstić information content (AvgIpc) is 2.94. The van der Waals surface area contributed by atoms with E-state index in [9.17, 15) is 19.8 Å². The van der Waals surface area contributed by atoms with Crippen LogP contribution in [0.2, 0.25) is 0 Å². The summed E-state index contributed by atoms with van der Waals surface area (Å²) >= 11 is 0. The molecule has 0 unspecified atom stereocenters. The largest absolute Gasteiger partial charge is 0.447 e. The van der Waals surface area contributed by atoms with Crippen molar-refractivity contribution in [1.29, 1.82) is 0 Å². The first kappa shape index (κ1) is 18.4. The van der Waals surface area contributed by atoms with Gasteiger partial charge in [0.1, 0.15) is 6.61 Å². The molecule has 3 N–H and O–H groups in total. The molecular weight excluding hydrogens is 314 g/mol. The Morgan fingerprint density at radius 3 is 2.62 bits per heavy atom. The van der Waals surface area contributed by atoms with Crippen LogP contribution in [0.4, 0.5) is 4.79 Å². The van der Waals surface area contributed by atoms with Gasteiger partial charge in [0.25, 0.3) is 0 Å². The fourth-order valence-electron chi connectivity index (χ4n) is 2.71. The number of aliphatic hydroxyl groups is 3. The van der Waals surface area contributed by atoms with Gasteiger partial charge in [-0.25, -0.2) is 9.69 Å². The molecule has 0 bridgehead atoms. The topological polar surface area (TPSA) is 107 Å². The number of rotatable bonds is 7. The van der Waals surface area contributed by atoms with E-state index in [2.05, 4.69) is 0 Å². The number of amides is 2. The molecule has 2 rings (SSSR count). The van der Waals surface area contributed by atoms with Gasteiger partial charge in [0.05, 0.1) is 30.8 Å². The number of benzene rings is 1. The Labute approximate surface area is 140 Å². The van der Waals surface area contributed by atoms with Crippen molar-refractivity contribution < 1.29 is 29.6 Å². The third-order valence-electron chi connectivity index (χ3n) is 4.20. The van der Waals surface area contributed by atoms with Crippen molar-refractivity contribution in [2.24, 2.45) is 5.92 Å². The molecule has 2 amide bonds. The zero-order valence-corrected chi connectivity index (χ0v) is 13.5. The van der Waals surface area contributed by atoms with E-state index < -0.39 is 42.8 Å². The molecule has 24 heavy (non-hydrogen) atoms. The molecule has 0 radical (unpaired) electrons. The Hall–Kier alpha value is -1.96. The molecule has 1 aliphatic heterocycles. The number of carbonyl (C=O) groups excluding carboxylic acids is 2. The van der Waals surface area contributed by atoms with E-state index in [1.807, 2.05) is 30.3 Å². The molecule has 1 aromatic rings. The van der Waals surface area contributed by atoms with Gasteiger partial charge in [-0.15, -0.1) is 0 Å². The minimum absolute atomic E-state index is 0.113. The first-order valence-corrected chi connectivity index (χ1v) is 7.94. The molecule has 4 atom stereocenters. The van der Waals surface area contributed by atoms with E-state index >= 15 is 0 Å². The van der Waals surface area contributed by atoms with Gasteiger partial charge in [-0.05, 0) is 12.0 Å². The molecule has 1 fully saturated rings. The number of carbonyl (C=O) groups is 2. The summed E-state index contributed by atoms with van der Waals surface area (Å²) in [6.45, 7) is 1.10. The number of aliphatic hydroxyl groups excluding tert-OH is 3. The second kappa shape index (κ2) is 8.23. The van der Waals surface area contributed by atoms with Crippen LogP contribution in [0.25, 0.3) is 0 Å². The van der Waals surface area contributed by atoms with Gasteiger partial charge in [-0.3, -0.25) is 4.79 Å². The summed E-state index contributed by atoms with van der Waals surface area (Å²) in [4.78, 5) is 25.6. The van der Waals surface area contributed by atoms with E-state index in [1.165, 1.54) is 6.92 Å². The Balaban J connectivity index is 2.05. The summed E-state index contributed by atoms with van der Waals surface area (Å²) in [5.74, 6) is -1.44. The van der Waals surface area contributed by atoms with Crippen LogP contribution < -0.4 is 0 Å². The van der Waals surface area contributed by atoms with Crippen LogP contribution in [0.1, 0.15) is 18.9 Å². The molecule has 132 valence electrons. The predicted octanol–water partition coefficient (Wildman–Crippen LogP) is 0.317. The lowest BCUT2D eigenvalue weighted by atomic mass is 9.96. The average molecular weight is 337 g/mol. The van der Waals surface area contributed by atoms with Gasteiger partial charge in [-0.1, -0.05) is 37.3 Å². The summed E-state index contributed by atoms with van der Waals surface area (Å²) in [7, 11) is 0. The standard InChI is InChI=1S/C17H23NO6/c1-11(15(21)8-14(20)9-19)16(22)18-13(10-24-17(18)23)7-12-5-3-2-4-6-12/h2-6,11,13-15,19-21H,7-10H2,1H3/t11-,13-,14+,15+/m1/s1. The second-order valence-electron chi connectivity index (χ2n) is 6.06. The highest BCUT2D eigenvalue weighted by Gasteiger charge is 2.41. The molecule has 7 nitrogen and oxygen atoms in total. The minimum atomic E-state index is -1.16. The van der Waals surface area contributed by atoms with Crippen LogP contribution in [0.15, 0.2) is 30.3 Å². The molecular formula is C17H23NO6. The van der Waals surface area contributed by atoms with Crippen LogP contribution in [0.5, 0.6) is 0 Å². The highest BCUT2D eigenvalue weighted by atomic mass is 16.6. The smallest absolute Gasteiger partial charge is 0.416 e. The number of hydrogen-bond donors (Lipinski definition) is 3. The Bertz CT molecular complexity index is 563.